The van der Waals surface area contributed by atoms with Crippen LogP contribution in [0, 0.1) is 6.92 Å². The smallest absolute Gasteiger partial charge is 0.306 e. The summed E-state index contributed by atoms with van der Waals surface area (Å²) in [6.45, 7) is 1.86. The molecule has 8 nitrogen and oxygen atoms in total. The standard InChI is InChI=1S/C22H19N3O5/c1-14-6-4-10-24-18(26)12-15(23-20(14)24)13-30-19(27)9-5-11-25-21(28)16-7-2-3-8-17(16)22(25)29/h2-4,6-8,10,12H,5,9,11,13H2,1H3. The molecule has 4 rings (SSSR count). The number of aryl methyl sites for hydroxylation is 1. The lowest BCUT2D eigenvalue weighted by Crippen LogP contribution is -2.31. The number of ether oxygens (including phenoxy) is 1. The lowest BCUT2D eigenvalue weighted by atomic mass is 10.1. The summed E-state index contributed by atoms with van der Waals surface area (Å²) >= 11 is 0. The number of pyridine rings is 1. The van der Waals surface area contributed by atoms with Gasteiger partial charge in [0.2, 0.25) is 0 Å². The average Bonchev–Trinajstić information content (AvgIpc) is 2.98. The summed E-state index contributed by atoms with van der Waals surface area (Å²) in [6, 6.07) is 11.6. The van der Waals surface area contributed by atoms with Crippen molar-refractivity contribution in [3.05, 3.63) is 81.4 Å². The van der Waals surface area contributed by atoms with Crippen LogP contribution >= 0.6 is 0 Å². The molecule has 0 saturated carbocycles. The van der Waals surface area contributed by atoms with Gasteiger partial charge in [-0.05, 0) is 37.1 Å². The molecule has 0 fully saturated rings. The Labute approximate surface area is 171 Å². The zero-order valence-corrected chi connectivity index (χ0v) is 16.3. The molecular formula is C22H19N3O5. The van der Waals surface area contributed by atoms with E-state index in [-0.39, 0.29) is 43.4 Å². The number of carbonyl (C=O) groups is 3. The fourth-order valence-corrected chi connectivity index (χ4v) is 3.43. The molecule has 3 heterocycles. The maximum absolute atomic E-state index is 12.3. The Bertz CT molecular complexity index is 1200. The second-order valence-corrected chi connectivity index (χ2v) is 7.04. The summed E-state index contributed by atoms with van der Waals surface area (Å²) in [5, 5.41) is 0. The highest BCUT2D eigenvalue weighted by molar-refractivity contribution is 6.21. The summed E-state index contributed by atoms with van der Waals surface area (Å²) in [4.78, 5) is 54.4. The number of rotatable bonds is 6. The van der Waals surface area contributed by atoms with Gasteiger partial charge >= 0.3 is 5.97 Å². The molecule has 0 bridgehead atoms. The van der Waals surface area contributed by atoms with Crippen molar-refractivity contribution in [1.29, 1.82) is 0 Å². The van der Waals surface area contributed by atoms with Gasteiger partial charge in [0.25, 0.3) is 17.4 Å². The minimum atomic E-state index is -0.488. The highest BCUT2D eigenvalue weighted by Gasteiger charge is 2.34. The molecule has 0 N–H and O–H groups in total. The number of aromatic nitrogens is 2. The number of nitrogens with zero attached hydrogens (tertiary/aromatic N) is 3. The van der Waals surface area contributed by atoms with Crippen molar-refractivity contribution in [2.24, 2.45) is 0 Å². The van der Waals surface area contributed by atoms with Gasteiger partial charge in [-0.3, -0.25) is 28.5 Å². The third-order valence-corrected chi connectivity index (χ3v) is 4.96. The Hall–Kier alpha value is -3.81. The van der Waals surface area contributed by atoms with E-state index in [1.54, 1.807) is 36.5 Å². The molecule has 0 spiro atoms. The van der Waals surface area contributed by atoms with Gasteiger partial charge < -0.3 is 4.74 Å². The van der Waals surface area contributed by atoms with E-state index in [0.29, 0.717) is 22.5 Å². The second kappa shape index (κ2) is 7.90. The van der Waals surface area contributed by atoms with E-state index in [4.69, 9.17) is 4.74 Å². The molecule has 1 aliphatic rings. The van der Waals surface area contributed by atoms with Crippen LogP contribution in [0.15, 0.2) is 53.5 Å². The highest BCUT2D eigenvalue weighted by Crippen LogP contribution is 2.22. The quantitative estimate of drug-likeness (QED) is 0.460. The monoisotopic (exact) mass is 405 g/mol. The number of hydrogen-bond acceptors (Lipinski definition) is 6. The first-order valence-corrected chi connectivity index (χ1v) is 9.54. The summed E-state index contributed by atoms with van der Waals surface area (Å²) in [5.41, 5.74) is 2.23. The van der Waals surface area contributed by atoms with Crippen molar-refractivity contribution in [3.63, 3.8) is 0 Å². The van der Waals surface area contributed by atoms with E-state index in [1.807, 2.05) is 13.0 Å². The zero-order valence-electron chi connectivity index (χ0n) is 16.3. The first-order valence-electron chi connectivity index (χ1n) is 9.54. The number of benzene rings is 1. The number of amides is 2. The van der Waals surface area contributed by atoms with E-state index in [1.165, 1.54) is 10.5 Å². The van der Waals surface area contributed by atoms with Crippen molar-refractivity contribution in [1.82, 2.24) is 14.3 Å². The van der Waals surface area contributed by atoms with E-state index in [9.17, 15) is 19.2 Å². The van der Waals surface area contributed by atoms with Gasteiger partial charge in [0, 0.05) is 25.2 Å². The molecule has 2 aromatic heterocycles. The number of imide groups is 1. The van der Waals surface area contributed by atoms with Crippen molar-refractivity contribution in [2.75, 3.05) is 6.54 Å². The Morgan fingerprint density at radius 3 is 2.43 bits per heavy atom. The predicted molar refractivity (Wildman–Crippen MR) is 107 cm³/mol. The molecule has 0 saturated heterocycles. The Morgan fingerprint density at radius 2 is 1.73 bits per heavy atom. The van der Waals surface area contributed by atoms with Gasteiger partial charge in [-0.1, -0.05) is 18.2 Å². The maximum Gasteiger partial charge on any atom is 0.306 e. The number of esters is 1. The molecule has 1 aliphatic heterocycles. The largest absolute Gasteiger partial charge is 0.459 e. The van der Waals surface area contributed by atoms with Crippen molar-refractivity contribution >= 4 is 23.4 Å². The van der Waals surface area contributed by atoms with Crippen LogP contribution < -0.4 is 5.56 Å². The van der Waals surface area contributed by atoms with Crippen LogP contribution in [0.25, 0.3) is 5.65 Å². The molecule has 2 amide bonds. The van der Waals surface area contributed by atoms with Gasteiger partial charge in [-0.25, -0.2) is 4.98 Å². The molecular weight excluding hydrogens is 386 g/mol. The molecule has 0 unspecified atom stereocenters. The van der Waals surface area contributed by atoms with Crippen molar-refractivity contribution in [3.8, 4) is 0 Å². The Kier molecular flexibility index (Phi) is 5.14. The minimum Gasteiger partial charge on any atom is -0.459 e. The van der Waals surface area contributed by atoms with Gasteiger partial charge in [-0.2, -0.15) is 0 Å². The molecule has 0 atom stereocenters. The number of fused-ring (bicyclic) bond motifs is 2. The van der Waals surface area contributed by atoms with Crippen LogP contribution in [-0.4, -0.2) is 38.6 Å². The Morgan fingerprint density at radius 1 is 1.03 bits per heavy atom. The lowest BCUT2D eigenvalue weighted by molar-refractivity contribution is -0.145. The molecule has 30 heavy (non-hydrogen) atoms. The fourth-order valence-electron chi connectivity index (χ4n) is 3.43. The molecule has 8 heteroatoms. The highest BCUT2D eigenvalue weighted by atomic mass is 16.5. The SMILES string of the molecule is Cc1cccn2c(=O)cc(COC(=O)CCCN3C(=O)c4ccccc4C3=O)nc12. The van der Waals surface area contributed by atoms with E-state index in [2.05, 4.69) is 4.98 Å². The third kappa shape index (κ3) is 3.59. The topological polar surface area (TPSA) is 98.0 Å². The molecule has 1 aromatic carbocycles. The number of carbonyl (C=O) groups excluding carboxylic acids is 3. The summed E-state index contributed by atoms with van der Waals surface area (Å²) in [7, 11) is 0. The van der Waals surface area contributed by atoms with Crippen LogP contribution in [0.5, 0.6) is 0 Å². The van der Waals surface area contributed by atoms with Crippen LogP contribution in [0.4, 0.5) is 0 Å². The Balaban J connectivity index is 1.32. The first kappa shape index (κ1) is 19.5. The van der Waals surface area contributed by atoms with Crippen LogP contribution in [-0.2, 0) is 16.1 Å². The second-order valence-electron chi connectivity index (χ2n) is 7.04. The van der Waals surface area contributed by atoms with Crippen LogP contribution in [0.1, 0.15) is 44.8 Å². The van der Waals surface area contributed by atoms with Gasteiger partial charge in [0.1, 0.15) is 12.3 Å². The van der Waals surface area contributed by atoms with E-state index in [0.717, 1.165) is 10.5 Å². The minimum absolute atomic E-state index is 0.0407. The third-order valence-electron chi connectivity index (χ3n) is 4.96. The summed E-state index contributed by atoms with van der Waals surface area (Å²) < 4.78 is 6.65. The summed E-state index contributed by atoms with van der Waals surface area (Å²) in [6.07, 6.45) is 1.96. The van der Waals surface area contributed by atoms with Crippen molar-refractivity contribution in [2.45, 2.75) is 26.4 Å². The van der Waals surface area contributed by atoms with Gasteiger partial charge in [0.15, 0.2) is 0 Å². The van der Waals surface area contributed by atoms with Crippen molar-refractivity contribution < 1.29 is 19.1 Å². The van der Waals surface area contributed by atoms with E-state index >= 15 is 0 Å². The van der Waals surface area contributed by atoms with E-state index < -0.39 is 5.97 Å². The fraction of sp³-hybridized carbons (Fsp3) is 0.227. The lowest BCUT2D eigenvalue weighted by Gasteiger charge is -2.13. The number of hydrogen-bond donors (Lipinski definition) is 0. The normalized spacial score (nSPS) is 13.0. The van der Waals surface area contributed by atoms with Gasteiger partial charge in [0.05, 0.1) is 16.8 Å². The molecule has 152 valence electrons. The predicted octanol–water partition coefficient (Wildman–Crippen LogP) is 2.12. The first-order chi connectivity index (χ1) is 14.5. The van der Waals surface area contributed by atoms with Crippen LogP contribution in [0.2, 0.25) is 0 Å². The van der Waals surface area contributed by atoms with Gasteiger partial charge in [-0.15, -0.1) is 0 Å². The van der Waals surface area contributed by atoms with Crippen LogP contribution in [0.3, 0.4) is 0 Å². The summed E-state index contributed by atoms with van der Waals surface area (Å²) in [5.74, 6) is -1.18. The zero-order chi connectivity index (χ0) is 21.3. The maximum atomic E-state index is 12.3. The molecule has 3 aromatic rings. The molecule has 0 radical (unpaired) electrons. The average molecular weight is 405 g/mol. The molecule has 0 aliphatic carbocycles.